The molecule has 0 unspecified atom stereocenters. The van der Waals surface area contributed by atoms with E-state index in [1.807, 2.05) is 30.3 Å². The van der Waals surface area contributed by atoms with Crippen molar-refractivity contribution in [3.63, 3.8) is 0 Å². The molecule has 3 aromatic rings. The molecule has 0 bridgehead atoms. The molecule has 9 heteroatoms. The van der Waals surface area contributed by atoms with Crippen LogP contribution in [0.4, 0.5) is 5.95 Å². The summed E-state index contributed by atoms with van der Waals surface area (Å²) >= 11 is 6.12. The van der Waals surface area contributed by atoms with Crippen LogP contribution in [0.25, 0.3) is 22.5 Å². The fourth-order valence-electron chi connectivity index (χ4n) is 4.30. The topological polar surface area (TPSA) is 107 Å². The lowest BCUT2D eigenvalue weighted by Crippen LogP contribution is -2.39. The molecule has 0 atom stereocenters. The van der Waals surface area contributed by atoms with Gasteiger partial charge in [-0.2, -0.15) is 5.10 Å². The SMILES string of the molecule is CC(C)CCNc1nccc(-c2c(-c3ccc(Cl)cc3)n[nH]c2C2CCN(C(=O)CO)CC2)n1. The third-order valence-electron chi connectivity index (χ3n) is 6.22. The smallest absolute Gasteiger partial charge is 0.248 e. The van der Waals surface area contributed by atoms with E-state index in [1.165, 1.54) is 0 Å². The number of halogens is 1. The molecule has 1 aromatic carbocycles. The molecule has 0 spiro atoms. The average molecular weight is 483 g/mol. The molecule has 1 saturated heterocycles. The Kier molecular flexibility index (Phi) is 7.80. The second-order valence-electron chi connectivity index (χ2n) is 9.06. The highest BCUT2D eigenvalue weighted by Gasteiger charge is 2.29. The zero-order valence-corrected chi connectivity index (χ0v) is 20.3. The molecule has 3 N–H and O–H groups in total. The van der Waals surface area contributed by atoms with Gasteiger partial charge in [0.05, 0.1) is 5.69 Å². The van der Waals surface area contributed by atoms with Gasteiger partial charge < -0.3 is 15.3 Å². The molecule has 2 aromatic heterocycles. The summed E-state index contributed by atoms with van der Waals surface area (Å²) in [4.78, 5) is 22.8. The summed E-state index contributed by atoms with van der Waals surface area (Å²) in [6.45, 7) is 5.94. The number of hydrogen-bond donors (Lipinski definition) is 3. The molecule has 1 fully saturated rings. The van der Waals surface area contributed by atoms with Crippen LogP contribution in [0.3, 0.4) is 0 Å². The van der Waals surface area contributed by atoms with Crippen LogP contribution in [0.1, 0.15) is 44.7 Å². The molecule has 8 nitrogen and oxygen atoms in total. The Morgan fingerprint density at radius 1 is 1.24 bits per heavy atom. The number of nitrogens with one attached hydrogen (secondary N) is 2. The van der Waals surface area contributed by atoms with Gasteiger partial charge in [0.15, 0.2) is 0 Å². The number of benzene rings is 1. The highest BCUT2D eigenvalue weighted by Crippen LogP contribution is 2.39. The minimum atomic E-state index is -0.450. The highest BCUT2D eigenvalue weighted by atomic mass is 35.5. The van der Waals surface area contributed by atoms with E-state index in [2.05, 4.69) is 34.3 Å². The first-order valence-corrected chi connectivity index (χ1v) is 12.1. The van der Waals surface area contributed by atoms with Gasteiger partial charge in [0.2, 0.25) is 11.9 Å². The standard InChI is InChI=1S/C25H31ClN6O2/c1-16(2)7-11-27-25-28-12-8-20(29-25)22-23(17-3-5-19(26)6-4-17)30-31-24(22)18-9-13-32(14-10-18)21(34)15-33/h3-6,8,12,16,18,33H,7,9-11,13-15H2,1-2H3,(H,30,31)(H,27,28,29). The van der Waals surface area contributed by atoms with Crippen molar-refractivity contribution in [2.75, 3.05) is 31.6 Å². The molecule has 4 rings (SSSR count). The van der Waals surface area contributed by atoms with Gasteiger partial charge in [-0.3, -0.25) is 9.89 Å². The number of aliphatic hydroxyl groups excluding tert-OH is 1. The number of nitrogens with zero attached hydrogens (tertiary/aromatic N) is 4. The second-order valence-corrected chi connectivity index (χ2v) is 9.49. The lowest BCUT2D eigenvalue weighted by Gasteiger charge is -2.31. The number of likely N-dealkylation sites (tertiary alicyclic amines) is 1. The van der Waals surface area contributed by atoms with Crippen LogP contribution < -0.4 is 5.32 Å². The zero-order valence-electron chi connectivity index (χ0n) is 19.6. The Hall–Kier alpha value is -2.97. The molecular weight excluding hydrogens is 452 g/mol. The van der Waals surface area contributed by atoms with Gasteiger partial charge in [0.25, 0.3) is 0 Å². The van der Waals surface area contributed by atoms with Crippen molar-refractivity contribution >= 4 is 23.5 Å². The van der Waals surface area contributed by atoms with Gasteiger partial charge in [0.1, 0.15) is 12.3 Å². The van der Waals surface area contributed by atoms with E-state index in [4.69, 9.17) is 16.6 Å². The minimum Gasteiger partial charge on any atom is -0.387 e. The quantitative estimate of drug-likeness (QED) is 0.440. The van der Waals surface area contributed by atoms with Gasteiger partial charge in [-0.05, 0) is 43.4 Å². The molecule has 1 aliphatic rings. The van der Waals surface area contributed by atoms with E-state index in [0.717, 1.165) is 54.0 Å². The lowest BCUT2D eigenvalue weighted by molar-refractivity contribution is -0.135. The number of amides is 1. The predicted molar refractivity (Wildman–Crippen MR) is 134 cm³/mol. The summed E-state index contributed by atoms with van der Waals surface area (Å²) in [5.74, 6) is 1.16. The van der Waals surface area contributed by atoms with E-state index in [-0.39, 0.29) is 11.8 Å². The Labute approximate surface area is 204 Å². The van der Waals surface area contributed by atoms with Crippen LogP contribution in [0.15, 0.2) is 36.5 Å². The van der Waals surface area contributed by atoms with E-state index in [1.54, 1.807) is 11.1 Å². The van der Waals surface area contributed by atoms with Crippen LogP contribution >= 0.6 is 11.6 Å². The van der Waals surface area contributed by atoms with Gasteiger partial charge >= 0.3 is 0 Å². The molecule has 180 valence electrons. The molecule has 34 heavy (non-hydrogen) atoms. The van der Waals surface area contributed by atoms with Crippen molar-refractivity contribution in [3.05, 3.63) is 47.2 Å². The number of piperidine rings is 1. The summed E-state index contributed by atoms with van der Waals surface area (Å²) in [6.07, 6.45) is 4.37. The molecule has 0 saturated carbocycles. The van der Waals surface area contributed by atoms with Crippen LogP contribution in [0.5, 0.6) is 0 Å². The maximum Gasteiger partial charge on any atom is 0.248 e. The highest BCUT2D eigenvalue weighted by molar-refractivity contribution is 6.30. The number of aromatic amines is 1. The summed E-state index contributed by atoms with van der Waals surface area (Å²) in [6, 6.07) is 9.53. The summed E-state index contributed by atoms with van der Waals surface area (Å²) in [5, 5.41) is 21.1. The molecule has 1 aliphatic heterocycles. The summed E-state index contributed by atoms with van der Waals surface area (Å²) < 4.78 is 0. The van der Waals surface area contributed by atoms with Gasteiger partial charge in [-0.25, -0.2) is 9.97 Å². The lowest BCUT2D eigenvalue weighted by atomic mass is 9.89. The number of carbonyl (C=O) groups excluding carboxylic acids is 1. The Bertz CT molecular complexity index is 1110. The van der Waals surface area contributed by atoms with E-state index >= 15 is 0 Å². The van der Waals surface area contributed by atoms with E-state index < -0.39 is 6.61 Å². The van der Waals surface area contributed by atoms with Crippen molar-refractivity contribution in [3.8, 4) is 22.5 Å². The fraction of sp³-hybridized carbons (Fsp3) is 0.440. The summed E-state index contributed by atoms with van der Waals surface area (Å²) in [5.41, 5.74) is 4.51. The van der Waals surface area contributed by atoms with Crippen LogP contribution in [-0.4, -0.2) is 62.3 Å². The Morgan fingerprint density at radius 2 is 1.97 bits per heavy atom. The summed E-state index contributed by atoms with van der Waals surface area (Å²) in [7, 11) is 0. The maximum absolute atomic E-state index is 11.9. The zero-order chi connectivity index (χ0) is 24.1. The first-order valence-electron chi connectivity index (χ1n) is 11.8. The molecule has 1 amide bonds. The van der Waals surface area contributed by atoms with Crippen molar-refractivity contribution in [1.29, 1.82) is 0 Å². The normalized spacial score (nSPS) is 14.6. The molecule has 3 heterocycles. The molecule has 0 aliphatic carbocycles. The first-order chi connectivity index (χ1) is 16.5. The van der Waals surface area contributed by atoms with Crippen molar-refractivity contribution in [1.82, 2.24) is 25.1 Å². The van der Waals surface area contributed by atoms with Crippen molar-refractivity contribution < 1.29 is 9.90 Å². The monoisotopic (exact) mass is 482 g/mol. The fourth-order valence-corrected chi connectivity index (χ4v) is 4.43. The number of hydrogen-bond acceptors (Lipinski definition) is 6. The second kappa shape index (κ2) is 11.0. The third kappa shape index (κ3) is 5.56. The van der Waals surface area contributed by atoms with Crippen LogP contribution in [0, 0.1) is 5.92 Å². The van der Waals surface area contributed by atoms with Gasteiger partial charge in [-0.1, -0.05) is 37.6 Å². The number of H-pyrrole nitrogens is 1. The number of rotatable bonds is 8. The van der Waals surface area contributed by atoms with Gasteiger partial charge in [0, 0.05) is 53.6 Å². The molecule has 0 radical (unpaired) electrons. The van der Waals surface area contributed by atoms with Crippen molar-refractivity contribution in [2.24, 2.45) is 5.92 Å². The Morgan fingerprint density at radius 3 is 2.65 bits per heavy atom. The first kappa shape index (κ1) is 24.2. The van der Waals surface area contributed by atoms with E-state index in [9.17, 15) is 9.90 Å². The predicted octanol–water partition coefficient (Wildman–Crippen LogP) is 4.34. The van der Waals surface area contributed by atoms with Crippen LogP contribution in [-0.2, 0) is 4.79 Å². The minimum absolute atomic E-state index is 0.193. The number of aliphatic hydroxyl groups is 1. The van der Waals surface area contributed by atoms with Crippen molar-refractivity contribution in [2.45, 2.75) is 39.0 Å². The van der Waals surface area contributed by atoms with E-state index in [0.29, 0.717) is 30.0 Å². The number of aromatic nitrogens is 4. The largest absolute Gasteiger partial charge is 0.387 e. The van der Waals surface area contributed by atoms with Crippen LogP contribution in [0.2, 0.25) is 5.02 Å². The number of anilines is 1. The van der Waals surface area contributed by atoms with Gasteiger partial charge in [-0.15, -0.1) is 0 Å². The average Bonchev–Trinajstić information content (AvgIpc) is 3.29. The maximum atomic E-state index is 11.9. The Balaban J connectivity index is 1.68. The number of carbonyl (C=O) groups is 1. The third-order valence-corrected chi connectivity index (χ3v) is 6.47. The molecular formula is C25H31ClN6O2.